The van der Waals surface area contributed by atoms with Crippen LogP contribution < -0.4 is 10.6 Å². The van der Waals surface area contributed by atoms with E-state index in [1.807, 2.05) is 0 Å². The lowest BCUT2D eigenvalue weighted by molar-refractivity contribution is 0.102. The van der Waals surface area contributed by atoms with Crippen LogP contribution in [-0.2, 0) is 0 Å². The van der Waals surface area contributed by atoms with Crippen LogP contribution in [0, 0.1) is 17.5 Å². The molecule has 1 aromatic heterocycles. The Balaban J connectivity index is 1.79. The zero-order chi connectivity index (χ0) is 17.8. The smallest absolute Gasteiger partial charge is 0.257 e. The third-order valence-corrected chi connectivity index (χ3v) is 3.33. The van der Waals surface area contributed by atoms with Crippen LogP contribution in [0.25, 0.3) is 0 Å². The number of rotatable bonds is 4. The Labute approximate surface area is 141 Å². The molecule has 3 aromatic rings. The number of benzene rings is 2. The van der Waals surface area contributed by atoms with E-state index < -0.39 is 23.4 Å². The van der Waals surface area contributed by atoms with Gasteiger partial charge in [0.1, 0.15) is 23.1 Å². The number of amides is 1. The van der Waals surface area contributed by atoms with E-state index in [9.17, 15) is 18.0 Å². The van der Waals surface area contributed by atoms with Gasteiger partial charge >= 0.3 is 0 Å². The van der Waals surface area contributed by atoms with Crippen LogP contribution in [0.1, 0.15) is 10.4 Å². The maximum absolute atomic E-state index is 13.7. The molecule has 0 unspecified atom stereocenters. The highest BCUT2D eigenvalue weighted by Gasteiger charge is 2.11. The van der Waals surface area contributed by atoms with Crippen molar-refractivity contribution in [1.82, 2.24) is 4.98 Å². The first-order valence-electron chi connectivity index (χ1n) is 7.26. The highest BCUT2D eigenvalue weighted by Crippen LogP contribution is 2.23. The van der Waals surface area contributed by atoms with Gasteiger partial charge in [-0.15, -0.1) is 0 Å². The van der Waals surface area contributed by atoms with Gasteiger partial charge in [0.15, 0.2) is 0 Å². The Morgan fingerprint density at radius 3 is 2.24 bits per heavy atom. The van der Waals surface area contributed by atoms with Gasteiger partial charge in [-0.3, -0.25) is 9.78 Å². The second-order valence-electron chi connectivity index (χ2n) is 5.14. The molecule has 0 aliphatic rings. The van der Waals surface area contributed by atoms with Gasteiger partial charge in [-0.1, -0.05) is 6.07 Å². The highest BCUT2D eigenvalue weighted by atomic mass is 19.1. The fourth-order valence-corrected chi connectivity index (χ4v) is 2.13. The number of halogens is 3. The molecule has 4 nitrogen and oxygen atoms in total. The average molecular weight is 343 g/mol. The first kappa shape index (κ1) is 16.5. The summed E-state index contributed by atoms with van der Waals surface area (Å²) in [7, 11) is 0. The fourth-order valence-electron chi connectivity index (χ4n) is 2.13. The van der Waals surface area contributed by atoms with E-state index >= 15 is 0 Å². The van der Waals surface area contributed by atoms with Gasteiger partial charge in [-0.25, -0.2) is 13.2 Å². The van der Waals surface area contributed by atoms with Crippen molar-refractivity contribution in [2.45, 2.75) is 0 Å². The number of nitrogens with zero attached hydrogens (tertiary/aromatic N) is 1. The third kappa shape index (κ3) is 3.95. The van der Waals surface area contributed by atoms with Crippen LogP contribution in [0.5, 0.6) is 0 Å². The molecule has 0 saturated heterocycles. The minimum Gasteiger partial charge on any atom is -0.349 e. The van der Waals surface area contributed by atoms with Crippen molar-refractivity contribution in [3.8, 4) is 0 Å². The summed E-state index contributed by atoms with van der Waals surface area (Å²) in [6, 6.07) is 10.1. The van der Waals surface area contributed by atoms with Gasteiger partial charge < -0.3 is 10.6 Å². The van der Waals surface area contributed by atoms with Crippen molar-refractivity contribution >= 4 is 23.0 Å². The molecule has 2 N–H and O–H groups in total. The third-order valence-electron chi connectivity index (χ3n) is 3.33. The van der Waals surface area contributed by atoms with E-state index in [1.54, 1.807) is 0 Å². The molecule has 126 valence electrons. The quantitative estimate of drug-likeness (QED) is 0.734. The van der Waals surface area contributed by atoms with Crippen molar-refractivity contribution in [1.29, 1.82) is 0 Å². The molecule has 2 aromatic carbocycles. The molecule has 0 saturated carbocycles. The summed E-state index contributed by atoms with van der Waals surface area (Å²) in [4.78, 5) is 16.1. The maximum atomic E-state index is 13.7. The lowest BCUT2D eigenvalue weighted by atomic mass is 10.2. The molecule has 1 amide bonds. The summed E-state index contributed by atoms with van der Waals surface area (Å²) in [5.74, 6) is -2.43. The van der Waals surface area contributed by atoms with Crippen molar-refractivity contribution in [2.75, 3.05) is 10.6 Å². The number of carbonyl (C=O) groups is 1. The predicted octanol–water partition coefficient (Wildman–Crippen LogP) is 4.49. The van der Waals surface area contributed by atoms with Crippen molar-refractivity contribution in [3.05, 3.63) is 83.9 Å². The van der Waals surface area contributed by atoms with Gasteiger partial charge in [0.25, 0.3) is 5.91 Å². The number of carbonyl (C=O) groups excluding carboxylic acids is 1. The molecule has 0 aliphatic carbocycles. The molecular formula is C18H12F3N3O. The van der Waals surface area contributed by atoms with E-state index in [0.717, 1.165) is 12.1 Å². The standard InChI is InChI=1S/C18H12F3N3O/c19-12-4-6-13(7-5-12)24-18(25)11-8-14(10-22-9-11)23-17-15(20)2-1-3-16(17)21/h1-10,23H,(H,24,25). The van der Waals surface area contributed by atoms with Crippen LogP contribution in [0.15, 0.2) is 60.9 Å². The lowest BCUT2D eigenvalue weighted by Crippen LogP contribution is -2.12. The number of para-hydroxylation sites is 1. The van der Waals surface area contributed by atoms with E-state index in [-0.39, 0.29) is 16.9 Å². The van der Waals surface area contributed by atoms with Crippen molar-refractivity contribution in [2.24, 2.45) is 0 Å². The van der Waals surface area contributed by atoms with Crippen LogP contribution in [-0.4, -0.2) is 10.9 Å². The summed E-state index contributed by atoms with van der Waals surface area (Å²) < 4.78 is 40.2. The molecule has 0 aliphatic heterocycles. The van der Waals surface area contributed by atoms with Gasteiger partial charge in [0.05, 0.1) is 17.4 Å². The number of pyridine rings is 1. The van der Waals surface area contributed by atoms with Crippen LogP contribution in [0.3, 0.4) is 0 Å². The molecular weight excluding hydrogens is 331 g/mol. The Morgan fingerprint density at radius 1 is 0.880 bits per heavy atom. The zero-order valence-electron chi connectivity index (χ0n) is 12.8. The molecule has 25 heavy (non-hydrogen) atoms. The van der Waals surface area contributed by atoms with Crippen LogP contribution in [0.4, 0.5) is 30.2 Å². The summed E-state index contributed by atoms with van der Waals surface area (Å²) in [6.45, 7) is 0. The van der Waals surface area contributed by atoms with E-state index in [4.69, 9.17) is 0 Å². The molecule has 0 spiro atoms. The second-order valence-corrected chi connectivity index (χ2v) is 5.14. The Kier molecular flexibility index (Phi) is 4.65. The molecule has 7 heteroatoms. The van der Waals surface area contributed by atoms with Crippen LogP contribution >= 0.6 is 0 Å². The molecule has 0 radical (unpaired) electrons. The van der Waals surface area contributed by atoms with E-state index in [1.165, 1.54) is 48.8 Å². The number of hydrogen-bond acceptors (Lipinski definition) is 3. The average Bonchev–Trinajstić information content (AvgIpc) is 2.60. The van der Waals surface area contributed by atoms with Gasteiger partial charge in [0.2, 0.25) is 0 Å². The summed E-state index contributed by atoms with van der Waals surface area (Å²) in [5, 5.41) is 5.14. The highest BCUT2D eigenvalue weighted by molar-refractivity contribution is 6.04. The van der Waals surface area contributed by atoms with Gasteiger partial charge in [-0.2, -0.15) is 0 Å². The maximum Gasteiger partial charge on any atom is 0.257 e. The Bertz CT molecular complexity index is 893. The summed E-state index contributed by atoms with van der Waals surface area (Å²) >= 11 is 0. The molecule has 3 rings (SSSR count). The van der Waals surface area contributed by atoms with Gasteiger partial charge in [-0.05, 0) is 42.5 Å². The largest absolute Gasteiger partial charge is 0.349 e. The van der Waals surface area contributed by atoms with E-state index in [2.05, 4.69) is 15.6 Å². The van der Waals surface area contributed by atoms with E-state index in [0.29, 0.717) is 5.69 Å². The van der Waals surface area contributed by atoms with Crippen LogP contribution in [0.2, 0.25) is 0 Å². The minimum absolute atomic E-state index is 0.172. The molecule has 0 fully saturated rings. The predicted molar refractivity (Wildman–Crippen MR) is 88.2 cm³/mol. The van der Waals surface area contributed by atoms with Crippen molar-refractivity contribution < 1.29 is 18.0 Å². The normalized spacial score (nSPS) is 10.4. The lowest BCUT2D eigenvalue weighted by Gasteiger charge is -2.10. The number of anilines is 3. The SMILES string of the molecule is O=C(Nc1ccc(F)cc1)c1cncc(Nc2c(F)cccc2F)c1. The second kappa shape index (κ2) is 7.04. The fraction of sp³-hybridized carbons (Fsp3) is 0. The Morgan fingerprint density at radius 2 is 1.56 bits per heavy atom. The Hall–Kier alpha value is -3.35. The number of aromatic nitrogens is 1. The zero-order valence-corrected chi connectivity index (χ0v) is 12.8. The molecule has 0 atom stereocenters. The number of nitrogens with one attached hydrogen (secondary N) is 2. The first-order valence-corrected chi connectivity index (χ1v) is 7.26. The van der Waals surface area contributed by atoms with Gasteiger partial charge in [0, 0.05) is 11.9 Å². The molecule has 0 bridgehead atoms. The molecule has 1 heterocycles. The monoisotopic (exact) mass is 343 g/mol. The minimum atomic E-state index is -0.763. The van der Waals surface area contributed by atoms with Crippen molar-refractivity contribution in [3.63, 3.8) is 0 Å². The number of hydrogen-bond donors (Lipinski definition) is 2. The topological polar surface area (TPSA) is 54.0 Å². The first-order chi connectivity index (χ1) is 12.0. The summed E-state index contributed by atoms with van der Waals surface area (Å²) in [5.41, 5.74) is 0.493. The summed E-state index contributed by atoms with van der Waals surface area (Å²) in [6.07, 6.45) is 2.64.